The molecule has 0 spiro atoms. The molecule has 4 heteroatoms. The third-order valence-electron chi connectivity index (χ3n) is 3.43. The molecular weight excluding hydrogens is 248 g/mol. The molecule has 1 aromatic carbocycles. The van der Waals surface area contributed by atoms with E-state index in [1.807, 2.05) is 48.0 Å². The van der Waals surface area contributed by atoms with Crippen molar-refractivity contribution in [1.29, 1.82) is 0 Å². The van der Waals surface area contributed by atoms with E-state index in [9.17, 15) is 0 Å². The molecule has 0 N–H and O–H groups in total. The minimum Gasteiger partial charge on any atom is -0.236 e. The summed E-state index contributed by atoms with van der Waals surface area (Å²) in [5.41, 5.74) is 3.02. The number of fused-ring (bicyclic) bond motifs is 1. The molecule has 0 aliphatic rings. The highest BCUT2D eigenvalue weighted by atomic mass is 15.3. The Morgan fingerprint density at radius 3 is 2.70 bits per heavy atom. The number of nitrogens with zero attached hydrogens (tertiary/aromatic N) is 4. The third kappa shape index (κ3) is 2.29. The molecular formula is C16H18N4. The van der Waals surface area contributed by atoms with Gasteiger partial charge in [0.05, 0.1) is 11.9 Å². The molecule has 0 aliphatic carbocycles. The largest absolute Gasteiger partial charge is 0.236 e. The van der Waals surface area contributed by atoms with E-state index >= 15 is 0 Å². The van der Waals surface area contributed by atoms with Gasteiger partial charge < -0.3 is 0 Å². The molecule has 0 amide bonds. The Kier molecular flexibility index (Phi) is 3.46. The molecule has 3 aromatic rings. The SMILES string of the molecule is CCCCc1nc(C)c2cnc(-c3ccccc3)nn12. The normalized spacial score (nSPS) is 11.1. The fraction of sp³-hybridized carbons (Fsp3) is 0.312. The van der Waals surface area contributed by atoms with Crippen molar-refractivity contribution in [3.8, 4) is 11.4 Å². The van der Waals surface area contributed by atoms with Crippen LogP contribution in [-0.2, 0) is 6.42 Å². The van der Waals surface area contributed by atoms with Crippen molar-refractivity contribution in [2.24, 2.45) is 0 Å². The predicted octanol–water partition coefficient (Wildman–Crippen LogP) is 3.44. The number of imidazole rings is 1. The van der Waals surface area contributed by atoms with Gasteiger partial charge in [0.1, 0.15) is 11.3 Å². The Hall–Kier alpha value is -2.23. The molecule has 4 nitrogen and oxygen atoms in total. The van der Waals surface area contributed by atoms with Crippen molar-refractivity contribution in [2.75, 3.05) is 0 Å². The Balaban J connectivity index is 2.09. The van der Waals surface area contributed by atoms with E-state index in [1.165, 1.54) is 0 Å². The maximum Gasteiger partial charge on any atom is 0.180 e. The minimum absolute atomic E-state index is 0.744. The predicted molar refractivity (Wildman–Crippen MR) is 79.6 cm³/mol. The van der Waals surface area contributed by atoms with Crippen molar-refractivity contribution in [1.82, 2.24) is 19.6 Å². The lowest BCUT2D eigenvalue weighted by Crippen LogP contribution is -2.02. The van der Waals surface area contributed by atoms with Gasteiger partial charge in [-0.1, -0.05) is 43.7 Å². The van der Waals surface area contributed by atoms with Gasteiger partial charge in [0.15, 0.2) is 5.82 Å². The third-order valence-corrected chi connectivity index (χ3v) is 3.43. The zero-order chi connectivity index (χ0) is 13.9. The average Bonchev–Trinajstić information content (AvgIpc) is 2.82. The van der Waals surface area contributed by atoms with Crippen molar-refractivity contribution >= 4 is 5.52 Å². The van der Waals surface area contributed by atoms with Crippen molar-refractivity contribution < 1.29 is 0 Å². The molecule has 0 saturated carbocycles. The van der Waals surface area contributed by atoms with Gasteiger partial charge in [-0.15, -0.1) is 5.10 Å². The van der Waals surface area contributed by atoms with Crippen molar-refractivity contribution in [3.05, 3.63) is 48.0 Å². The average molecular weight is 266 g/mol. The summed E-state index contributed by atoms with van der Waals surface area (Å²) in [4.78, 5) is 9.08. The molecule has 102 valence electrons. The van der Waals surface area contributed by atoms with Gasteiger partial charge in [0.2, 0.25) is 0 Å². The van der Waals surface area contributed by atoms with Crippen molar-refractivity contribution in [3.63, 3.8) is 0 Å². The first kappa shape index (κ1) is 12.8. The zero-order valence-electron chi connectivity index (χ0n) is 11.9. The lowest BCUT2D eigenvalue weighted by Gasteiger charge is -2.03. The highest BCUT2D eigenvalue weighted by Crippen LogP contribution is 2.17. The summed E-state index contributed by atoms with van der Waals surface area (Å²) in [6, 6.07) is 10.0. The Bertz CT molecular complexity index is 716. The second kappa shape index (κ2) is 5.41. The van der Waals surface area contributed by atoms with Gasteiger partial charge in [0, 0.05) is 12.0 Å². The quantitative estimate of drug-likeness (QED) is 0.726. The smallest absolute Gasteiger partial charge is 0.180 e. The monoisotopic (exact) mass is 266 g/mol. The number of hydrogen-bond donors (Lipinski definition) is 0. The summed E-state index contributed by atoms with van der Waals surface area (Å²) in [6.45, 7) is 4.20. The molecule has 3 rings (SSSR count). The lowest BCUT2D eigenvalue weighted by atomic mass is 10.2. The van der Waals surface area contributed by atoms with Gasteiger partial charge in [-0.2, -0.15) is 0 Å². The number of rotatable bonds is 4. The number of unbranched alkanes of at least 4 members (excludes halogenated alkanes) is 1. The number of hydrogen-bond acceptors (Lipinski definition) is 3. The minimum atomic E-state index is 0.744. The van der Waals surface area contributed by atoms with Crippen LogP contribution in [0.2, 0.25) is 0 Å². The molecule has 0 fully saturated rings. The van der Waals surface area contributed by atoms with Crippen LogP contribution >= 0.6 is 0 Å². The van der Waals surface area contributed by atoms with Crippen LogP contribution in [0.1, 0.15) is 31.3 Å². The Morgan fingerprint density at radius 2 is 1.95 bits per heavy atom. The van der Waals surface area contributed by atoms with Crippen LogP contribution in [0.3, 0.4) is 0 Å². The second-order valence-corrected chi connectivity index (χ2v) is 4.96. The van der Waals surface area contributed by atoms with Gasteiger partial charge >= 0.3 is 0 Å². The Labute approximate surface area is 118 Å². The fourth-order valence-corrected chi connectivity index (χ4v) is 2.31. The molecule has 0 bridgehead atoms. The topological polar surface area (TPSA) is 43.1 Å². The van der Waals surface area contributed by atoms with E-state index in [2.05, 4.69) is 22.0 Å². The summed E-state index contributed by atoms with van der Waals surface area (Å²) in [5, 5.41) is 4.66. The summed E-state index contributed by atoms with van der Waals surface area (Å²) in [5.74, 6) is 1.77. The summed E-state index contributed by atoms with van der Waals surface area (Å²) >= 11 is 0. The lowest BCUT2D eigenvalue weighted by molar-refractivity contribution is 0.720. The van der Waals surface area contributed by atoms with E-state index in [1.54, 1.807) is 0 Å². The molecule has 0 unspecified atom stereocenters. The van der Waals surface area contributed by atoms with E-state index < -0.39 is 0 Å². The van der Waals surface area contributed by atoms with Gasteiger partial charge in [0.25, 0.3) is 0 Å². The first-order valence-electron chi connectivity index (χ1n) is 7.06. The summed E-state index contributed by atoms with van der Waals surface area (Å²) in [6.07, 6.45) is 5.11. The molecule has 20 heavy (non-hydrogen) atoms. The molecule has 2 heterocycles. The zero-order valence-corrected chi connectivity index (χ0v) is 11.9. The van der Waals surface area contributed by atoms with Crippen LogP contribution in [0.5, 0.6) is 0 Å². The molecule has 0 atom stereocenters. The first-order chi connectivity index (χ1) is 9.79. The van der Waals surface area contributed by atoms with E-state index in [0.717, 1.165) is 47.7 Å². The maximum absolute atomic E-state index is 4.66. The molecule has 0 aliphatic heterocycles. The van der Waals surface area contributed by atoms with Gasteiger partial charge in [-0.25, -0.2) is 14.5 Å². The molecule has 0 saturated heterocycles. The van der Waals surface area contributed by atoms with Gasteiger partial charge in [-0.3, -0.25) is 0 Å². The summed E-state index contributed by atoms with van der Waals surface area (Å²) < 4.78 is 1.94. The molecule has 0 radical (unpaired) electrons. The molecule has 2 aromatic heterocycles. The number of aryl methyl sites for hydroxylation is 2. The van der Waals surface area contributed by atoms with Crippen LogP contribution < -0.4 is 0 Å². The first-order valence-corrected chi connectivity index (χ1v) is 7.06. The fourth-order valence-electron chi connectivity index (χ4n) is 2.31. The summed E-state index contributed by atoms with van der Waals surface area (Å²) in [7, 11) is 0. The number of benzene rings is 1. The van der Waals surface area contributed by atoms with Crippen LogP contribution in [0.25, 0.3) is 16.9 Å². The van der Waals surface area contributed by atoms with Gasteiger partial charge in [-0.05, 0) is 13.3 Å². The van der Waals surface area contributed by atoms with E-state index in [4.69, 9.17) is 0 Å². The second-order valence-electron chi connectivity index (χ2n) is 4.96. The number of aromatic nitrogens is 4. The van der Waals surface area contributed by atoms with Crippen LogP contribution in [0.15, 0.2) is 36.5 Å². The Morgan fingerprint density at radius 1 is 1.15 bits per heavy atom. The van der Waals surface area contributed by atoms with Crippen LogP contribution in [0.4, 0.5) is 0 Å². The highest BCUT2D eigenvalue weighted by Gasteiger charge is 2.11. The standard InChI is InChI=1S/C16H18N4/c1-3-4-10-15-18-12(2)14-11-17-16(19-20(14)15)13-8-6-5-7-9-13/h5-9,11H,3-4,10H2,1-2H3. The van der Waals surface area contributed by atoms with Crippen LogP contribution in [0, 0.1) is 6.92 Å². The van der Waals surface area contributed by atoms with Crippen molar-refractivity contribution in [2.45, 2.75) is 33.1 Å². The van der Waals surface area contributed by atoms with E-state index in [-0.39, 0.29) is 0 Å². The van der Waals surface area contributed by atoms with E-state index in [0.29, 0.717) is 0 Å². The highest BCUT2D eigenvalue weighted by molar-refractivity contribution is 5.57. The van der Waals surface area contributed by atoms with Crippen LogP contribution in [-0.4, -0.2) is 19.6 Å². The maximum atomic E-state index is 4.66.